The Hall–Kier alpha value is -3.48. The van der Waals surface area contributed by atoms with Crippen molar-refractivity contribution in [2.75, 3.05) is 26.6 Å². The lowest BCUT2D eigenvalue weighted by Gasteiger charge is -2.30. The number of hydrogen-bond acceptors (Lipinski definition) is 6. The van der Waals surface area contributed by atoms with E-state index >= 15 is 0 Å². The molecule has 4 rings (SSSR count). The molecule has 0 unspecified atom stereocenters. The monoisotopic (exact) mass is 379 g/mol. The van der Waals surface area contributed by atoms with Crippen molar-refractivity contribution >= 4 is 23.0 Å². The third kappa shape index (κ3) is 2.67. The predicted molar refractivity (Wildman–Crippen MR) is 106 cm³/mol. The third-order valence-electron chi connectivity index (χ3n) is 4.97. The second-order valence-electron chi connectivity index (χ2n) is 6.46. The van der Waals surface area contributed by atoms with Crippen LogP contribution in [0.15, 0.2) is 53.7 Å². The molecule has 144 valence electrons. The number of benzene rings is 2. The minimum Gasteiger partial charge on any atom is -0.497 e. The van der Waals surface area contributed by atoms with Gasteiger partial charge in [-0.05, 0) is 31.2 Å². The van der Waals surface area contributed by atoms with Gasteiger partial charge in [0.2, 0.25) is 5.95 Å². The summed E-state index contributed by atoms with van der Waals surface area (Å²) in [5.41, 5.74) is 3.75. The van der Waals surface area contributed by atoms with Gasteiger partial charge in [-0.25, -0.2) is 9.78 Å². The lowest BCUT2D eigenvalue weighted by Crippen LogP contribution is -2.28. The number of aromatic nitrogens is 2. The predicted octanol–water partition coefficient (Wildman–Crippen LogP) is 3.52. The Morgan fingerprint density at radius 2 is 1.89 bits per heavy atom. The molecule has 0 spiro atoms. The minimum atomic E-state index is -0.461. The fourth-order valence-electron chi connectivity index (χ4n) is 3.68. The molecule has 0 aliphatic carbocycles. The van der Waals surface area contributed by atoms with Crippen molar-refractivity contribution < 1.29 is 19.0 Å². The highest BCUT2D eigenvalue weighted by Gasteiger charge is 2.36. The number of anilines is 1. The first kappa shape index (κ1) is 17.9. The Bertz CT molecular complexity index is 1100. The van der Waals surface area contributed by atoms with Gasteiger partial charge in [-0.3, -0.25) is 4.57 Å². The molecule has 1 aliphatic rings. The van der Waals surface area contributed by atoms with Crippen LogP contribution in [-0.2, 0) is 9.53 Å². The number of esters is 1. The number of nitrogens with zero attached hydrogens (tertiary/aromatic N) is 2. The molecule has 2 aromatic carbocycles. The Labute approximate surface area is 162 Å². The van der Waals surface area contributed by atoms with Crippen molar-refractivity contribution in [3.63, 3.8) is 0 Å². The minimum absolute atomic E-state index is 0.406. The van der Waals surface area contributed by atoms with E-state index in [2.05, 4.69) is 10.3 Å². The maximum Gasteiger partial charge on any atom is 0.337 e. The SMILES string of the molecule is COC(=O)C1=C(C)Nc2nc3ccccc3n2[C@@H]1c1ccc(OC)cc1OC. The summed E-state index contributed by atoms with van der Waals surface area (Å²) in [5.74, 6) is 1.54. The molecule has 0 bridgehead atoms. The van der Waals surface area contributed by atoms with Crippen LogP contribution in [0.1, 0.15) is 18.5 Å². The molecule has 7 heteroatoms. The molecule has 0 radical (unpaired) electrons. The molecular weight excluding hydrogens is 358 g/mol. The summed E-state index contributed by atoms with van der Waals surface area (Å²) in [6.45, 7) is 1.85. The van der Waals surface area contributed by atoms with E-state index in [1.165, 1.54) is 7.11 Å². The number of allylic oxidation sites excluding steroid dienone is 1. The van der Waals surface area contributed by atoms with Crippen LogP contribution in [0.4, 0.5) is 5.95 Å². The van der Waals surface area contributed by atoms with Crippen LogP contribution in [0, 0.1) is 0 Å². The van der Waals surface area contributed by atoms with Gasteiger partial charge >= 0.3 is 5.97 Å². The summed E-state index contributed by atoms with van der Waals surface area (Å²) < 4.78 is 18.1. The number of fused-ring (bicyclic) bond motifs is 3. The number of methoxy groups -OCH3 is 3. The molecule has 1 aromatic heterocycles. The summed E-state index contributed by atoms with van der Waals surface area (Å²) >= 11 is 0. The zero-order chi connectivity index (χ0) is 19.8. The van der Waals surface area contributed by atoms with Crippen LogP contribution in [-0.4, -0.2) is 36.8 Å². The number of nitrogens with one attached hydrogen (secondary N) is 1. The second kappa shape index (κ2) is 6.92. The fraction of sp³-hybridized carbons (Fsp3) is 0.238. The van der Waals surface area contributed by atoms with E-state index in [1.807, 2.05) is 47.9 Å². The smallest absolute Gasteiger partial charge is 0.337 e. The number of carbonyl (C=O) groups excluding carboxylic acids is 1. The average molecular weight is 379 g/mol. The number of hydrogen-bond donors (Lipinski definition) is 1. The average Bonchev–Trinajstić information content (AvgIpc) is 3.09. The standard InChI is InChI=1S/C21H21N3O4/c1-12-18(20(25)28-4)19(14-10-9-13(26-2)11-17(14)27-3)24-16-8-6-5-7-15(16)23-21(24)22-12/h5-11,19H,1-4H3,(H,22,23)/t19-/m1/s1. The highest BCUT2D eigenvalue weighted by molar-refractivity contribution is 5.94. The zero-order valence-electron chi connectivity index (χ0n) is 16.1. The lowest BCUT2D eigenvalue weighted by atomic mass is 9.94. The van der Waals surface area contributed by atoms with E-state index in [4.69, 9.17) is 14.2 Å². The second-order valence-corrected chi connectivity index (χ2v) is 6.46. The van der Waals surface area contributed by atoms with E-state index < -0.39 is 12.0 Å². The van der Waals surface area contributed by atoms with E-state index in [0.717, 1.165) is 16.6 Å². The lowest BCUT2D eigenvalue weighted by molar-refractivity contribution is -0.136. The van der Waals surface area contributed by atoms with Gasteiger partial charge in [-0.15, -0.1) is 0 Å². The number of ether oxygens (including phenoxy) is 3. The van der Waals surface area contributed by atoms with Gasteiger partial charge in [0.15, 0.2) is 0 Å². The summed E-state index contributed by atoms with van der Waals surface area (Å²) in [4.78, 5) is 17.4. The fourth-order valence-corrected chi connectivity index (χ4v) is 3.68. The highest BCUT2D eigenvalue weighted by atomic mass is 16.5. The van der Waals surface area contributed by atoms with Crippen molar-refractivity contribution in [1.82, 2.24) is 9.55 Å². The van der Waals surface area contributed by atoms with Crippen LogP contribution in [0.25, 0.3) is 11.0 Å². The van der Waals surface area contributed by atoms with Crippen molar-refractivity contribution in [3.05, 3.63) is 59.3 Å². The van der Waals surface area contributed by atoms with Crippen molar-refractivity contribution in [1.29, 1.82) is 0 Å². The maximum atomic E-state index is 12.7. The quantitative estimate of drug-likeness (QED) is 0.699. The molecule has 1 atom stereocenters. The van der Waals surface area contributed by atoms with Crippen LogP contribution in [0.5, 0.6) is 11.5 Å². The summed E-state index contributed by atoms with van der Waals surface area (Å²) in [6, 6.07) is 12.9. The van der Waals surface area contributed by atoms with Gasteiger partial charge in [-0.1, -0.05) is 12.1 Å². The number of imidazole rings is 1. The summed E-state index contributed by atoms with van der Waals surface area (Å²) in [5, 5.41) is 3.24. The topological polar surface area (TPSA) is 74.6 Å². The molecule has 3 aromatic rings. The maximum absolute atomic E-state index is 12.7. The molecule has 0 saturated carbocycles. The Morgan fingerprint density at radius 1 is 1.11 bits per heavy atom. The van der Waals surface area contributed by atoms with Crippen LogP contribution >= 0.6 is 0 Å². The first-order valence-electron chi connectivity index (χ1n) is 8.84. The van der Waals surface area contributed by atoms with Crippen LogP contribution in [0.2, 0.25) is 0 Å². The number of rotatable bonds is 4. The van der Waals surface area contributed by atoms with Gasteiger partial charge in [0, 0.05) is 17.3 Å². The highest BCUT2D eigenvalue weighted by Crippen LogP contribution is 2.43. The van der Waals surface area contributed by atoms with Gasteiger partial charge in [0.25, 0.3) is 0 Å². The van der Waals surface area contributed by atoms with Crippen molar-refractivity contribution in [2.45, 2.75) is 13.0 Å². The van der Waals surface area contributed by atoms with Gasteiger partial charge < -0.3 is 19.5 Å². The molecule has 1 aliphatic heterocycles. The van der Waals surface area contributed by atoms with E-state index in [1.54, 1.807) is 20.3 Å². The van der Waals surface area contributed by atoms with E-state index in [-0.39, 0.29) is 0 Å². The largest absolute Gasteiger partial charge is 0.497 e. The molecule has 2 heterocycles. The van der Waals surface area contributed by atoms with Gasteiger partial charge in [0.1, 0.15) is 11.5 Å². The van der Waals surface area contributed by atoms with Gasteiger partial charge in [-0.2, -0.15) is 0 Å². The van der Waals surface area contributed by atoms with Crippen molar-refractivity contribution in [3.8, 4) is 11.5 Å². The Balaban J connectivity index is 2.03. The molecule has 0 saturated heterocycles. The normalized spacial score (nSPS) is 15.8. The Morgan fingerprint density at radius 3 is 2.61 bits per heavy atom. The van der Waals surface area contributed by atoms with Gasteiger partial charge in [0.05, 0.1) is 44.0 Å². The molecule has 0 fully saturated rings. The molecular formula is C21H21N3O4. The zero-order valence-corrected chi connectivity index (χ0v) is 16.1. The first-order valence-corrected chi connectivity index (χ1v) is 8.84. The third-order valence-corrected chi connectivity index (χ3v) is 4.97. The molecule has 1 N–H and O–H groups in total. The molecule has 7 nitrogen and oxygen atoms in total. The van der Waals surface area contributed by atoms with Crippen LogP contribution < -0.4 is 14.8 Å². The van der Waals surface area contributed by atoms with Crippen LogP contribution in [0.3, 0.4) is 0 Å². The molecule has 0 amide bonds. The summed E-state index contributed by atoms with van der Waals surface area (Å²) in [7, 11) is 4.58. The van der Waals surface area contributed by atoms with Crippen molar-refractivity contribution in [2.24, 2.45) is 0 Å². The number of para-hydroxylation sites is 2. The van der Waals surface area contributed by atoms with E-state index in [9.17, 15) is 4.79 Å². The first-order chi connectivity index (χ1) is 13.6. The molecule has 28 heavy (non-hydrogen) atoms. The summed E-state index contributed by atoms with van der Waals surface area (Å²) in [6.07, 6.45) is 0. The number of carbonyl (C=O) groups is 1. The van der Waals surface area contributed by atoms with E-state index in [0.29, 0.717) is 28.7 Å². The Kier molecular flexibility index (Phi) is 4.43.